The van der Waals surface area contributed by atoms with Gasteiger partial charge in [-0.15, -0.1) is 0 Å². The highest BCUT2D eigenvalue weighted by molar-refractivity contribution is 5.40. The molecule has 0 aliphatic heterocycles. The van der Waals surface area contributed by atoms with E-state index in [2.05, 4.69) is 25.1 Å². The van der Waals surface area contributed by atoms with Gasteiger partial charge < -0.3 is 9.84 Å². The SMILES string of the molecule is Cc1ccc2c(c1)C(O)(COC(C)C)CC2. The van der Waals surface area contributed by atoms with Gasteiger partial charge in [-0.05, 0) is 44.7 Å². The van der Waals surface area contributed by atoms with Crippen molar-refractivity contribution in [3.63, 3.8) is 0 Å². The van der Waals surface area contributed by atoms with Crippen LogP contribution < -0.4 is 0 Å². The van der Waals surface area contributed by atoms with Crippen LogP contribution in [0.25, 0.3) is 0 Å². The van der Waals surface area contributed by atoms with Crippen LogP contribution in [0.4, 0.5) is 0 Å². The van der Waals surface area contributed by atoms with Gasteiger partial charge in [0, 0.05) is 0 Å². The predicted octanol–water partition coefficient (Wildman–Crippen LogP) is 2.55. The van der Waals surface area contributed by atoms with Crippen LogP contribution in [0.1, 0.15) is 37.0 Å². The van der Waals surface area contributed by atoms with Crippen molar-refractivity contribution in [1.82, 2.24) is 0 Å². The molecule has 0 radical (unpaired) electrons. The highest BCUT2D eigenvalue weighted by Crippen LogP contribution is 2.37. The summed E-state index contributed by atoms with van der Waals surface area (Å²) in [6.45, 7) is 6.45. The molecule has 0 fully saturated rings. The molecule has 0 bridgehead atoms. The lowest BCUT2D eigenvalue weighted by Crippen LogP contribution is -2.30. The Morgan fingerprint density at radius 2 is 2.19 bits per heavy atom. The average molecular weight is 220 g/mol. The lowest BCUT2D eigenvalue weighted by Gasteiger charge is -2.25. The molecular formula is C14H20O2. The largest absolute Gasteiger partial charge is 0.383 e. The van der Waals surface area contributed by atoms with E-state index in [9.17, 15) is 5.11 Å². The lowest BCUT2D eigenvalue weighted by atomic mass is 9.95. The minimum atomic E-state index is -0.772. The standard InChI is InChI=1S/C14H20O2/c1-10(2)16-9-14(15)7-6-12-5-4-11(3)8-13(12)14/h4-5,8,10,15H,6-7,9H2,1-3H3. The smallest absolute Gasteiger partial charge is 0.113 e. The van der Waals surface area contributed by atoms with E-state index < -0.39 is 5.60 Å². The molecule has 88 valence electrons. The molecule has 0 saturated carbocycles. The molecule has 0 spiro atoms. The van der Waals surface area contributed by atoms with Gasteiger partial charge in [0.05, 0.1) is 12.7 Å². The summed E-state index contributed by atoms with van der Waals surface area (Å²) in [6, 6.07) is 6.32. The van der Waals surface area contributed by atoms with Crippen LogP contribution >= 0.6 is 0 Å². The molecule has 1 atom stereocenters. The quantitative estimate of drug-likeness (QED) is 0.848. The molecule has 2 nitrogen and oxygen atoms in total. The van der Waals surface area contributed by atoms with E-state index >= 15 is 0 Å². The summed E-state index contributed by atoms with van der Waals surface area (Å²) in [5.74, 6) is 0. The van der Waals surface area contributed by atoms with E-state index in [-0.39, 0.29) is 6.10 Å². The third kappa shape index (κ3) is 2.13. The van der Waals surface area contributed by atoms with Crippen molar-refractivity contribution in [2.75, 3.05) is 6.61 Å². The zero-order valence-electron chi connectivity index (χ0n) is 10.3. The van der Waals surface area contributed by atoms with Crippen LogP contribution in [0.15, 0.2) is 18.2 Å². The van der Waals surface area contributed by atoms with E-state index in [4.69, 9.17) is 4.74 Å². The number of rotatable bonds is 3. The van der Waals surface area contributed by atoms with E-state index in [0.717, 1.165) is 18.4 Å². The molecule has 1 N–H and O–H groups in total. The van der Waals surface area contributed by atoms with Crippen LogP contribution in [-0.2, 0) is 16.8 Å². The van der Waals surface area contributed by atoms with Gasteiger partial charge in [-0.2, -0.15) is 0 Å². The van der Waals surface area contributed by atoms with Gasteiger partial charge in [-0.3, -0.25) is 0 Å². The van der Waals surface area contributed by atoms with Crippen molar-refractivity contribution in [2.24, 2.45) is 0 Å². The molecule has 0 heterocycles. The molecule has 0 aromatic heterocycles. The van der Waals surface area contributed by atoms with Gasteiger partial charge in [0.1, 0.15) is 5.60 Å². The van der Waals surface area contributed by atoms with E-state index in [1.807, 2.05) is 13.8 Å². The van der Waals surface area contributed by atoms with Crippen molar-refractivity contribution >= 4 is 0 Å². The highest BCUT2D eigenvalue weighted by atomic mass is 16.5. The van der Waals surface area contributed by atoms with E-state index in [1.54, 1.807) is 0 Å². The number of fused-ring (bicyclic) bond motifs is 1. The topological polar surface area (TPSA) is 29.5 Å². The second-order valence-electron chi connectivity index (χ2n) is 5.05. The van der Waals surface area contributed by atoms with Crippen molar-refractivity contribution in [1.29, 1.82) is 0 Å². The second kappa shape index (κ2) is 4.19. The Kier molecular flexibility index (Phi) is 3.04. The van der Waals surface area contributed by atoms with Crippen molar-refractivity contribution in [3.8, 4) is 0 Å². The van der Waals surface area contributed by atoms with E-state index in [0.29, 0.717) is 6.61 Å². The first-order chi connectivity index (χ1) is 7.51. The molecule has 0 saturated heterocycles. The van der Waals surface area contributed by atoms with Gasteiger partial charge in [-0.25, -0.2) is 0 Å². The zero-order valence-corrected chi connectivity index (χ0v) is 10.3. The Hall–Kier alpha value is -0.860. The molecule has 0 amide bonds. The van der Waals surface area contributed by atoms with Gasteiger partial charge in [0.25, 0.3) is 0 Å². The minimum Gasteiger partial charge on any atom is -0.383 e. The maximum absolute atomic E-state index is 10.6. The number of benzene rings is 1. The Balaban J connectivity index is 2.23. The number of hydrogen-bond acceptors (Lipinski definition) is 2. The van der Waals surface area contributed by atoms with Crippen LogP contribution in [0.2, 0.25) is 0 Å². The molecule has 1 aromatic rings. The molecular weight excluding hydrogens is 200 g/mol. The molecule has 2 rings (SSSR count). The van der Waals surface area contributed by atoms with Crippen LogP contribution in [0, 0.1) is 6.92 Å². The first kappa shape index (κ1) is 11.6. The average Bonchev–Trinajstić information content (AvgIpc) is 2.55. The summed E-state index contributed by atoms with van der Waals surface area (Å²) in [5.41, 5.74) is 2.75. The number of ether oxygens (including phenoxy) is 1. The monoisotopic (exact) mass is 220 g/mol. The Morgan fingerprint density at radius 1 is 1.44 bits per heavy atom. The van der Waals surface area contributed by atoms with Gasteiger partial charge in [0.15, 0.2) is 0 Å². The number of aliphatic hydroxyl groups is 1. The summed E-state index contributed by atoms with van der Waals surface area (Å²) in [6.07, 6.45) is 1.89. The maximum Gasteiger partial charge on any atom is 0.113 e. The Morgan fingerprint density at radius 3 is 2.88 bits per heavy atom. The number of hydrogen-bond donors (Lipinski definition) is 1. The van der Waals surface area contributed by atoms with Gasteiger partial charge in [-0.1, -0.05) is 23.8 Å². The Bertz CT molecular complexity index is 384. The summed E-state index contributed by atoms with van der Waals surface area (Å²) in [4.78, 5) is 0. The molecule has 2 heteroatoms. The second-order valence-corrected chi connectivity index (χ2v) is 5.05. The summed E-state index contributed by atoms with van der Waals surface area (Å²) in [7, 11) is 0. The van der Waals surface area contributed by atoms with Gasteiger partial charge >= 0.3 is 0 Å². The fraction of sp³-hybridized carbons (Fsp3) is 0.571. The first-order valence-electron chi connectivity index (χ1n) is 5.95. The fourth-order valence-corrected chi connectivity index (χ4v) is 2.27. The molecule has 1 aliphatic carbocycles. The van der Waals surface area contributed by atoms with Crippen LogP contribution in [0.5, 0.6) is 0 Å². The third-order valence-electron chi connectivity index (χ3n) is 3.23. The Labute approximate surface area is 97.3 Å². The summed E-state index contributed by atoms with van der Waals surface area (Å²) >= 11 is 0. The number of aryl methyl sites for hydroxylation is 2. The zero-order chi connectivity index (χ0) is 11.8. The molecule has 1 aliphatic rings. The lowest BCUT2D eigenvalue weighted by molar-refractivity contribution is -0.0677. The van der Waals surface area contributed by atoms with E-state index in [1.165, 1.54) is 11.1 Å². The molecule has 1 aromatic carbocycles. The van der Waals surface area contributed by atoms with Crippen LogP contribution in [0.3, 0.4) is 0 Å². The summed E-state index contributed by atoms with van der Waals surface area (Å²) in [5, 5.41) is 10.6. The van der Waals surface area contributed by atoms with Gasteiger partial charge in [0.2, 0.25) is 0 Å². The highest BCUT2D eigenvalue weighted by Gasteiger charge is 2.37. The molecule has 16 heavy (non-hydrogen) atoms. The fourth-order valence-electron chi connectivity index (χ4n) is 2.27. The summed E-state index contributed by atoms with van der Waals surface area (Å²) < 4.78 is 5.58. The van der Waals surface area contributed by atoms with Crippen molar-refractivity contribution in [2.45, 2.75) is 45.3 Å². The third-order valence-corrected chi connectivity index (χ3v) is 3.23. The maximum atomic E-state index is 10.6. The van der Waals surface area contributed by atoms with Crippen LogP contribution in [-0.4, -0.2) is 17.8 Å². The van der Waals surface area contributed by atoms with Crippen molar-refractivity contribution in [3.05, 3.63) is 34.9 Å². The predicted molar refractivity (Wildman–Crippen MR) is 64.5 cm³/mol. The minimum absolute atomic E-state index is 0.165. The van der Waals surface area contributed by atoms with Crippen molar-refractivity contribution < 1.29 is 9.84 Å². The molecule has 1 unspecified atom stereocenters. The first-order valence-corrected chi connectivity index (χ1v) is 5.95. The normalized spacial score (nSPS) is 23.8.